The molecule has 1 aromatic carbocycles. The number of nitrogens with one attached hydrogen (secondary N) is 1. The van der Waals surface area contributed by atoms with Gasteiger partial charge in [0.15, 0.2) is 0 Å². The molecule has 0 amide bonds. The van der Waals surface area contributed by atoms with Gasteiger partial charge in [0.05, 0.1) is 0 Å². The zero-order valence-corrected chi connectivity index (χ0v) is 13.0. The molecule has 0 radical (unpaired) electrons. The van der Waals surface area contributed by atoms with E-state index in [4.69, 9.17) is 0 Å². The highest BCUT2D eigenvalue weighted by atomic mass is 14.9. The Balaban J connectivity index is 2.45. The zero-order valence-electron chi connectivity index (χ0n) is 13.0. The first-order chi connectivity index (χ1) is 9.30. The standard InChI is InChI=1S/C18H31N/c1-4-8-16-10-7-11-17(15-16)12-13-18(9-5-2)19-14-6-3/h7,10-11,15,18-19H,4-6,8-9,12-14H2,1-3H3. The van der Waals surface area contributed by atoms with Gasteiger partial charge >= 0.3 is 0 Å². The number of hydrogen-bond donors (Lipinski definition) is 1. The Labute approximate surface area is 119 Å². The van der Waals surface area contributed by atoms with Crippen molar-refractivity contribution in [1.82, 2.24) is 5.32 Å². The van der Waals surface area contributed by atoms with Gasteiger partial charge in [0, 0.05) is 6.04 Å². The smallest absolute Gasteiger partial charge is 0.00701 e. The molecule has 0 aliphatic carbocycles. The van der Waals surface area contributed by atoms with Crippen molar-refractivity contribution >= 4 is 0 Å². The highest BCUT2D eigenvalue weighted by Crippen LogP contribution is 2.12. The summed E-state index contributed by atoms with van der Waals surface area (Å²) in [5, 5.41) is 3.68. The third-order valence-corrected chi connectivity index (χ3v) is 3.63. The molecule has 0 aromatic heterocycles. The molecule has 0 saturated heterocycles. The van der Waals surface area contributed by atoms with Crippen LogP contribution < -0.4 is 5.32 Å². The summed E-state index contributed by atoms with van der Waals surface area (Å²) in [4.78, 5) is 0. The maximum absolute atomic E-state index is 3.68. The summed E-state index contributed by atoms with van der Waals surface area (Å²) in [6.45, 7) is 7.92. The van der Waals surface area contributed by atoms with E-state index >= 15 is 0 Å². The highest BCUT2D eigenvalue weighted by molar-refractivity contribution is 5.23. The van der Waals surface area contributed by atoms with Crippen molar-refractivity contribution in [2.45, 2.75) is 71.8 Å². The van der Waals surface area contributed by atoms with Crippen LogP contribution in [0.3, 0.4) is 0 Å². The van der Waals surface area contributed by atoms with Gasteiger partial charge in [-0.3, -0.25) is 0 Å². The molecule has 0 bridgehead atoms. The molecule has 108 valence electrons. The van der Waals surface area contributed by atoms with Gasteiger partial charge in [0.25, 0.3) is 0 Å². The number of benzene rings is 1. The van der Waals surface area contributed by atoms with Crippen LogP contribution in [-0.2, 0) is 12.8 Å². The first-order valence-corrected chi connectivity index (χ1v) is 8.11. The summed E-state index contributed by atoms with van der Waals surface area (Å²) in [5.41, 5.74) is 3.00. The summed E-state index contributed by atoms with van der Waals surface area (Å²) in [6, 6.07) is 9.84. The lowest BCUT2D eigenvalue weighted by atomic mass is 9.99. The molecule has 1 atom stereocenters. The third-order valence-electron chi connectivity index (χ3n) is 3.63. The van der Waals surface area contributed by atoms with Gasteiger partial charge in [0.1, 0.15) is 0 Å². The first-order valence-electron chi connectivity index (χ1n) is 8.11. The molecule has 1 rings (SSSR count). The van der Waals surface area contributed by atoms with Crippen LogP contribution in [0.4, 0.5) is 0 Å². The molecule has 19 heavy (non-hydrogen) atoms. The van der Waals surface area contributed by atoms with E-state index in [1.165, 1.54) is 56.1 Å². The normalized spacial score (nSPS) is 12.6. The average molecular weight is 261 g/mol. The highest BCUT2D eigenvalue weighted by Gasteiger charge is 2.06. The summed E-state index contributed by atoms with van der Waals surface area (Å²) in [5.74, 6) is 0. The second-order valence-electron chi connectivity index (χ2n) is 5.55. The predicted octanol–water partition coefficient (Wildman–Crippen LogP) is 4.74. The van der Waals surface area contributed by atoms with Crippen LogP contribution in [0.15, 0.2) is 24.3 Å². The topological polar surface area (TPSA) is 12.0 Å². The van der Waals surface area contributed by atoms with Crippen molar-refractivity contribution < 1.29 is 0 Å². The average Bonchev–Trinajstić information content (AvgIpc) is 2.43. The van der Waals surface area contributed by atoms with Crippen LogP contribution in [0, 0.1) is 0 Å². The molecular formula is C18H31N. The van der Waals surface area contributed by atoms with Gasteiger partial charge in [-0.05, 0) is 49.8 Å². The summed E-state index contributed by atoms with van der Waals surface area (Å²) >= 11 is 0. The van der Waals surface area contributed by atoms with Crippen molar-refractivity contribution in [2.24, 2.45) is 0 Å². The fourth-order valence-corrected chi connectivity index (χ4v) is 2.62. The lowest BCUT2D eigenvalue weighted by Crippen LogP contribution is -2.30. The van der Waals surface area contributed by atoms with Gasteiger partial charge in [-0.15, -0.1) is 0 Å². The zero-order chi connectivity index (χ0) is 13.9. The molecule has 0 fully saturated rings. The molecule has 1 N–H and O–H groups in total. The number of rotatable bonds is 10. The van der Waals surface area contributed by atoms with E-state index in [0.717, 1.165) is 6.54 Å². The molecule has 0 aliphatic rings. The van der Waals surface area contributed by atoms with Crippen LogP contribution >= 0.6 is 0 Å². The molecule has 0 aliphatic heterocycles. The Morgan fingerprint density at radius 1 is 0.895 bits per heavy atom. The SMILES string of the molecule is CCCNC(CCC)CCc1cccc(CCC)c1. The second-order valence-corrected chi connectivity index (χ2v) is 5.55. The van der Waals surface area contributed by atoms with Gasteiger partial charge in [-0.25, -0.2) is 0 Å². The largest absolute Gasteiger partial charge is 0.314 e. The Morgan fingerprint density at radius 3 is 2.26 bits per heavy atom. The number of aryl methyl sites for hydroxylation is 2. The van der Waals surface area contributed by atoms with Crippen LogP contribution in [0.1, 0.15) is 64.0 Å². The van der Waals surface area contributed by atoms with E-state index in [-0.39, 0.29) is 0 Å². The van der Waals surface area contributed by atoms with Crippen LogP contribution in [0.2, 0.25) is 0 Å². The second kappa shape index (κ2) is 10.0. The Morgan fingerprint density at radius 2 is 1.63 bits per heavy atom. The fourth-order valence-electron chi connectivity index (χ4n) is 2.62. The Hall–Kier alpha value is -0.820. The van der Waals surface area contributed by atoms with Gasteiger partial charge < -0.3 is 5.32 Å². The van der Waals surface area contributed by atoms with Gasteiger partial charge in [-0.2, -0.15) is 0 Å². The minimum atomic E-state index is 0.694. The van der Waals surface area contributed by atoms with Crippen molar-refractivity contribution in [3.8, 4) is 0 Å². The first kappa shape index (κ1) is 16.2. The molecule has 1 unspecified atom stereocenters. The van der Waals surface area contributed by atoms with Crippen molar-refractivity contribution in [3.63, 3.8) is 0 Å². The van der Waals surface area contributed by atoms with Crippen LogP contribution in [0.5, 0.6) is 0 Å². The van der Waals surface area contributed by atoms with Crippen molar-refractivity contribution in [2.75, 3.05) is 6.54 Å². The minimum absolute atomic E-state index is 0.694. The molecule has 0 saturated carbocycles. The molecular weight excluding hydrogens is 230 g/mol. The maximum Gasteiger partial charge on any atom is 0.00701 e. The van der Waals surface area contributed by atoms with E-state index in [1.807, 2.05) is 0 Å². The van der Waals surface area contributed by atoms with Crippen molar-refractivity contribution in [3.05, 3.63) is 35.4 Å². The quantitative estimate of drug-likeness (QED) is 0.641. The molecule has 1 aromatic rings. The van der Waals surface area contributed by atoms with E-state index in [9.17, 15) is 0 Å². The van der Waals surface area contributed by atoms with Crippen LogP contribution in [-0.4, -0.2) is 12.6 Å². The lowest BCUT2D eigenvalue weighted by Gasteiger charge is -2.18. The van der Waals surface area contributed by atoms with E-state index in [1.54, 1.807) is 0 Å². The Kier molecular flexibility index (Phi) is 8.57. The third kappa shape index (κ3) is 6.77. The van der Waals surface area contributed by atoms with E-state index < -0.39 is 0 Å². The monoisotopic (exact) mass is 261 g/mol. The van der Waals surface area contributed by atoms with E-state index in [0.29, 0.717) is 6.04 Å². The predicted molar refractivity (Wildman–Crippen MR) is 85.7 cm³/mol. The molecule has 1 nitrogen and oxygen atoms in total. The molecule has 0 spiro atoms. The van der Waals surface area contributed by atoms with Gasteiger partial charge in [0.2, 0.25) is 0 Å². The maximum atomic E-state index is 3.68. The fraction of sp³-hybridized carbons (Fsp3) is 0.667. The molecule has 0 heterocycles. The Bertz CT molecular complexity index is 332. The lowest BCUT2D eigenvalue weighted by molar-refractivity contribution is 0.449. The van der Waals surface area contributed by atoms with Gasteiger partial charge in [-0.1, -0.05) is 57.9 Å². The summed E-state index contributed by atoms with van der Waals surface area (Å²) in [6.07, 6.45) is 8.72. The summed E-state index contributed by atoms with van der Waals surface area (Å²) < 4.78 is 0. The minimum Gasteiger partial charge on any atom is -0.314 e. The number of hydrogen-bond acceptors (Lipinski definition) is 1. The molecule has 1 heteroatoms. The van der Waals surface area contributed by atoms with E-state index in [2.05, 4.69) is 50.4 Å². The summed E-state index contributed by atoms with van der Waals surface area (Å²) in [7, 11) is 0. The van der Waals surface area contributed by atoms with Crippen LogP contribution in [0.25, 0.3) is 0 Å². The van der Waals surface area contributed by atoms with Crippen molar-refractivity contribution in [1.29, 1.82) is 0 Å².